The number of carbonyl (C=O) groups excluding carboxylic acids is 4. The number of pyridine rings is 1. The number of ether oxygens (including phenoxy) is 3. The minimum atomic E-state index is -4.00. The number of hydrogen-bond donors (Lipinski definition) is 3. The quantitative estimate of drug-likeness (QED) is 0.257. The molecule has 3 N–H and O–H groups in total. The molecule has 4 fully saturated rings. The molecule has 1 saturated heterocycles. The third-order valence-electron chi connectivity index (χ3n) is 12.6. The lowest BCUT2D eigenvalue weighted by molar-refractivity contribution is -0.142. The van der Waals surface area contributed by atoms with Crippen molar-refractivity contribution in [2.24, 2.45) is 23.2 Å². The third kappa shape index (κ3) is 8.73. The number of benzene rings is 1. The molecule has 1 aromatic heterocycles. The molecule has 7 atom stereocenters. The first-order valence-corrected chi connectivity index (χ1v) is 22.0. The summed E-state index contributed by atoms with van der Waals surface area (Å²) in [5.41, 5.74) is -1.58. The maximum atomic E-state index is 14.9. The molecule has 2 aromatic rings. The molecule has 0 unspecified atom stereocenters. The highest BCUT2D eigenvalue weighted by atomic mass is 32.2. The van der Waals surface area contributed by atoms with Crippen LogP contribution in [0.2, 0.25) is 0 Å². The van der Waals surface area contributed by atoms with Gasteiger partial charge in [0.2, 0.25) is 27.7 Å². The number of fused-ring (bicyclic) bond motifs is 3. The topological polar surface area (TPSA) is 182 Å². The molecule has 7 rings (SSSR count). The van der Waals surface area contributed by atoms with Crippen LogP contribution in [0, 0.1) is 23.2 Å². The molecule has 3 heterocycles. The molecule has 3 aliphatic carbocycles. The molecule has 0 bridgehead atoms. The number of hydrogen-bond acceptors (Lipinski definition) is 10. The van der Waals surface area contributed by atoms with Crippen molar-refractivity contribution in [3.05, 3.63) is 42.6 Å². The molecule has 4 amide bonds. The molecule has 3 saturated carbocycles. The molecule has 1 aromatic carbocycles. The normalized spacial score (nSPS) is 31.0. The van der Waals surface area contributed by atoms with Gasteiger partial charge in [-0.2, -0.15) is 0 Å². The van der Waals surface area contributed by atoms with Crippen molar-refractivity contribution in [2.45, 2.75) is 127 Å². The van der Waals surface area contributed by atoms with E-state index in [9.17, 15) is 27.6 Å². The Morgan fingerprint density at radius 2 is 1.79 bits per heavy atom. The number of alkyl carbamates (subject to hydrolysis) is 1. The van der Waals surface area contributed by atoms with E-state index in [0.717, 1.165) is 31.1 Å². The largest absolute Gasteiger partial charge is 0.491 e. The summed E-state index contributed by atoms with van der Waals surface area (Å²) in [6.45, 7) is 10.4. The van der Waals surface area contributed by atoms with Crippen molar-refractivity contribution in [2.75, 3.05) is 19.8 Å². The minimum absolute atomic E-state index is 0.0101. The van der Waals surface area contributed by atoms with Gasteiger partial charge >= 0.3 is 6.09 Å². The number of rotatable bonds is 11. The molecular formula is C42H57N5O9S. The van der Waals surface area contributed by atoms with E-state index in [4.69, 9.17) is 14.2 Å². The van der Waals surface area contributed by atoms with E-state index in [1.54, 1.807) is 13.1 Å². The van der Waals surface area contributed by atoms with E-state index in [1.165, 1.54) is 4.90 Å². The summed E-state index contributed by atoms with van der Waals surface area (Å²) in [5, 5.41) is 7.29. The molecule has 5 aliphatic rings. The van der Waals surface area contributed by atoms with Gasteiger partial charge in [0.15, 0.2) is 0 Å². The Morgan fingerprint density at radius 1 is 1.05 bits per heavy atom. The van der Waals surface area contributed by atoms with Gasteiger partial charge in [0.05, 0.1) is 30.7 Å². The summed E-state index contributed by atoms with van der Waals surface area (Å²) in [6.07, 6.45) is 10.0. The van der Waals surface area contributed by atoms with E-state index >= 15 is 0 Å². The number of allylic oxidation sites excluding steroid dienone is 1. The molecule has 14 nitrogen and oxygen atoms in total. The van der Waals surface area contributed by atoms with Crippen molar-refractivity contribution >= 4 is 44.6 Å². The predicted octanol–water partition coefficient (Wildman–Crippen LogP) is 5.15. The van der Waals surface area contributed by atoms with Gasteiger partial charge in [0.1, 0.15) is 29.5 Å². The highest BCUT2D eigenvalue weighted by Crippen LogP contribution is 2.48. The molecule has 0 radical (unpaired) electrons. The molecule has 57 heavy (non-hydrogen) atoms. The van der Waals surface area contributed by atoms with Crippen LogP contribution in [0.1, 0.15) is 98.8 Å². The van der Waals surface area contributed by atoms with Crippen LogP contribution < -0.4 is 24.8 Å². The lowest BCUT2D eigenvalue weighted by Gasteiger charge is -2.32. The molecule has 310 valence electrons. The Hall–Kier alpha value is -4.40. The van der Waals surface area contributed by atoms with Gasteiger partial charge in [-0.15, -0.1) is 0 Å². The fourth-order valence-electron chi connectivity index (χ4n) is 8.08. The van der Waals surface area contributed by atoms with Crippen LogP contribution in [-0.4, -0.2) is 90.3 Å². The van der Waals surface area contributed by atoms with Crippen LogP contribution in [-0.2, 0) is 29.1 Å². The van der Waals surface area contributed by atoms with Gasteiger partial charge in [-0.1, -0.05) is 58.0 Å². The standard InChI is InChI=1S/C42H57N5O9S/c1-6-19-54-33-23-43-36(31-14-10-9-13-30(31)33)56-29-21-32-35(48)45-42(38(50)46-57(52,53)41(5)17-18-41)22-28(42)12-8-7-11-26(2)20-27(3)34(37(49)47(32)24-29)44-39(51)55-25-40(4)15-16-40/h8-10,12-14,23,26-29,32,34H,6-7,11,15-22,24-25H2,1-5H3,(H,44,51)(H,45,48)(H,46,50)/b12-8-/t26-,27+,28+,29+,32-,34-,42+/m0/s1. The molecule has 0 spiro atoms. The number of nitrogens with one attached hydrogen (secondary N) is 3. The molecule has 15 heteroatoms. The van der Waals surface area contributed by atoms with Crippen molar-refractivity contribution in [1.82, 2.24) is 25.2 Å². The second kappa shape index (κ2) is 15.7. The lowest BCUT2D eigenvalue weighted by atomic mass is 9.88. The summed E-state index contributed by atoms with van der Waals surface area (Å²) in [6, 6.07) is 5.42. The van der Waals surface area contributed by atoms with Gasteiger partial charge in [-0.05, 0) is 82.6 Å². The summed E-state index contributed by atoms with van der Waals surface area (Å²) in [4.78, 5) is 62.7. The highest BCUT2D eigenvalue weighted by Gasteiger charge is 2.63. The lowest BCUT2D eigenvalue weighted by Crippen LogP contribution is -2.59. The van der Waals surface area contributed by atoms with E-state index in [0.29, 0.717) is 49.3 Å². The number of sulfonamides is 1. The van der Waals surface area contributed by atoms with Gasteiger partial charge in [-0.25, -0.2) is 18.2 Å². The van der Waals surface area contributed by atoms with E-state index in [-0.39, 0.29) is 43.2 Å². The van der Waals surface area contributed by atoms with Crippen LogP contribution in [0.25, 0.3) is 10.8 Å². The number of amides is 4. The monoisotopic (exact) mass is 807 g/mol. The van der Waals surface area contributed by atoms with E-state index in [2.05, 4.69) is 27.3 Å². The first-order valence-electron chi connectivity index (χ1n) is 20.5. The van der Waals surface area contributed by atoms with Gasteiger partial charge in [0.25, 0.3) is 5.91 Å². The van der Waals surface area contributed by atoms with Crippen molar-refractivity contribution < 1.29 is 41.8 Å². The third-order valence-corrected chi connectivity index (χ3v) is 14.8. The zero-order valence-electron chi connectivity index (χ0n) is 33.7. The minimum Gasteiger partial charge on any atom is -0.491 e. The molecule has 2 aliphatic heterocycles. The van der Waals surface area contributed by atoms with Crippen LogP contribution in [0.3, 0.4) is 0 Å². The fraction of sp³-hybridized carbons (Fsp3) is 0.643. The summed E-state index contributed by atoms with van der Waals surface area (Å²) in [7, 11) is -4.00. The van der Waals surface area contributed by atoms with Crippen LogP contribution in [0.15, 0.2) is 42.6 Å². The van der Waals surface area contributed by atoms with Crippen LogP contribution in [0.4, 0.5) is 4.79 Å². The highest BCUT2D eigenvalue weighted by molar-refractivity contribution is 7.91. The van der Waals surface area contributed by atoms with Crippen molar-refractivity contribution in [3.8, 4) is 11.6 Å². The Kier molecular flexibility index (Phi) is 11.3. The Balaban J connectivity index is 1.20. The van der Waals surface area contributed by atoms with Gasteiger partial charge in [0, 0.05) is 28.5 Å². The van der Waals surface area contributed by atoms with Crippen LogP contribution in [0.5, 0.6) is 11.6 Å². The van der Waals surface area contributed by atoms with Gasteiger partial charge < -0.3 is 29.7 Å². The summed E-state index contributed by atoms with van der Waals surface area (Å²) < 4.78 is 45.8. The Labute approximate surface area is 335 Å². The zero-order chi connectivity index (χ0) is 40.8. The maximum absolute atomic E-state index is 14.9. The van der Waals surface area contributed by atoms with E-state index < -0.39 is 68.2 Å². The number of aromatic nitrogens is 1. The average molecular weight is 808 g/mol. The predicted molar refractivity (Wildman–Crippen MR) is 213 cm³/mol. The zero-order valence-corrected chi connectivity index (χ0v) is 34.5. The maximum Gasteiger partial charge on any atom is 0.407 e. The van der Waals surface area contributed by atoms with Crippen LogP contribution >= 0.6 is 0 Å². The first-order chi connectivity index (χ1) is 27.1. The average Bonchev–Trinajstić information content (AvgIpc) is 4.14. The second-order valence-electron chi connectivity index (χ2n) is 17.8. The van der Waals surface area contributed by atoms with Crippen molar-refractivity contribution in [3.63, 3.8) is 0 Å². The van der Waals surface area contributed by atoms with Crippen molar-refractivity contribution in [1.29, 1.82) is 0 Å². The summed E-state index contributed by atoms with van der Waals surface area (Å²) in [5.74, 6) is -1.55. The van der Waals surface area contributed by atoms with Gasteiger partial charge in [-0.3, -0.25) is 19.1 Å². The first kappa shape index (κ1) is 40.8. The second-order valence-corrected chi connectivity index (χ2v) is 20.0. The molecular weight excluding hydrogens is 751 g/mol. The van der Waals surface area contributed by atoms with E-state index in [1.807, 2.05) is 57.2 Å². The smallest absolute Gasteiger partial charge is 0.407 e. The fourth-order valence-corrected chi connectivity index (χ4v) is 9.39. The Bertz CT molecular complexity index is 2030. The SMILES string of the molecule is CCCOc1cnc(O[C@@H]2C[C@H]3C(=O)N[C@]4(C(=O)NS(=O)(=O)C5(C)CC5)C[C@H]4/C=C\CC[C@H](C)C[C@@H](C)[C@H](NC(=O)OCC4(C)CC4)C(=O)N3C2)c2ccccc12. The number of nitrogens with zero attached hydrogens (tertiary/aromatic N) is 2. The number of carbonyl (C=O) groups is 4. The summed E-state index contributed by atoms with van der Waals surface area (Å²) >= 11 is 0. The Morgan fingerprint density at radius 3 is 2.49 bits per heavy atom.